The van der Waals surface area contributed by atoms with Crippen LogP contribution < -0.4 is 11.1 Å². The molecule has 0 fully saturated rings. The minimum absolute atomic E-state index is 0. The molecule has 0 unspecified atom stereocenters. The van der Waals surface area contributed by atoms with Gasteiger partial charge in [0, 0.05) is 0 Å². The first-order valence-electron chi connectivity index (χ1n) is 5.20. The quantitative estimate of drug-likeness (QED) is 0.833. The molecule has 0 saturated carbocycles. The van der Waals surface area contributed by atoms with Crippen LogP contribution >= 0.6 is 23.7 Å². The average molecular weight is 325 g/mol. The van der Waals surface area contributed by atoms with Crippen LogP contribution in [0.3, 0.4) is 0 Å². The van der Waals surface area contributed by atoms with Crippen molar-refractivity contribution in [2.45, 2.75) is 5.92 Å². The molecule has 0 atom stereocenters. The smallest absolute Gasteiger partial charge is 0.277 e. The van der Waals surface area contributed by atoms with Crippen LogP contribution in [-0.2, 0) is 0 Å². The number of rotatable bonds is 5. The lowest BCUT2D eigenvalue weighted by atomic mass is 10.3. The molecule has 0 bridgehead atoms. The van der Waals surface area contributed by atoms with Gasteiger partial charge >= 0.3 is 0 Å². The molecule has 1 amide bonds. The summed E-state index contributed by atoms with van der Waals surface area (Å²) in [6.45, 7) is -1.63. The maximum Gasteiger partial charge on any atom is 0.277 e. The van der Waals surface area contributed by atoms with Crippen LogP contribution in [0.2, 0.25) is 0 Å². The predicted molar refractivity (Wildman–Crippen MR) is 70.6 cm³/mol. The van der Waals surface area contributed by atoms with E-state index in [2.05, 4.69) is 20.8 Å². The zero-order valence-electron chi connectivity index (χ0n) is 9.99. The molecular weight excluding hydrogens is 314 g/mol. The maximum absolute atomic E-state index is 13.0. The van der Waals surface area contributed by atoms with Gasteiger partial charge < -0.3 is 11.1 Å². The van der Waals surface area contributed by atoms with Crippen molar-refractivity contribution in [2.75, 3.05) is 13.1 Å². The maximum atomic E-state index is 13.0. The van der Waals surface area contributed by atoms with E-state index in [0.717, 1.165) is 11.3 Å². The Hall–Kier alpha value is -1.65. The number of alkyl halides is 2. The van der Waals surface area contributed by atoms with Gasteiger partial charge in [-0.2, -0.15) is 4.68 Å². The van der Waals surface area contributed by atoms with E-state index in [1.807, 2.05) is 0 Å². The summed E-state index contributed by atoms with van der Waals surface area (Å²) in [6.07, 6.45) is 1.31. The van der Waals surface area contributed by atoms with E-state index < -0.39 is 24.9 Å². The van der Waals surface area contributed by atoms with E-state index in [1.165, 1.54) is 11.0 Å². The fraction of sp³-hybridized carbons (Fsp3) is 0.333. The van der Waals surface area contributed by atoms with Gasteiger partial charge in [0.25, 0.3) is 11.8 Å². The van der Waals surface area contributed by atoms with Crippen molar-refractivity contribution in [3.63, 3.8) is 0 Å². The Kier molecular flexibility index (Phi) is 5.48. The number of nitrogens with two attached hydrogens (primary N) is 1. The number of amides is 1. The van der Waals surface area contributed by atoms with Gasteiger partial charge in [-0.15, -0.1) is 28.8 Å². The monoisotopic (exact) mass is 324 g/mol. The molecule has 11 heteroatoms. The second kappa shape index (κ2) is 6.68. The molecule has 0 aromatic carbocycles. The summed E-state index contributed by atoms with van der Waals surface area (Å²) in [5.74, 6) is -3.74. The lowest BCUT2D eigenvalue weighted by molar-refractivity contribution is 0.0119. The zero-order chi connectivity index (χ0) is 13.9. The number of halogens is 3. The highest BCUT2D eigenvalue weighted by atomic mass is 35.5. The van der Waals surface area contributed by atoms with Gasteiger partial charge in [-0.25, -0.2) is 8.78 Å². The zero-order valence-corrected chi connectivity index (χ0v) is 11.6. The first-order valence-corrected chi connectivity index (χ1v) is 6.08. The highest BCUT2D eigenvalue weighted by molar-refractivity contribution is 7.12. The summed E-state index contributed by atoms with van der Waals surface area (Å²) >= 11 is 1.11. The van der Waals surface area contributed by atoms with E-state index in [9.17, 15) is 13.6 Å². The Morgan fingerprint density at radius 3 is 2.90 bits per heavy atom. The van der Waals surface area contributed by atoms with Crippen LogP contribution in [0.15, 0.2) is 17.8 Å². The Labute approximate surface area is 122 Å². The molecule has 7 nitrogen and oxygen atoms in total. The van der Waals surface area contributed by atoms with E-state index in [1.54, 1.807) is 11.4 Å². The number of hydrogen-bond donors (Lipinski definition) is 2. The molecule has 0 saturated heterocycles. The van der Waals surface area contributed by atoms with Crippen LogP contribution in [0.1, 0.15) is 9.67 Å². The molecule has 2 aromatic rings. The largest absolute Gasteiger partial charge is 0.345 e. The standard InChI is InChI=1S/C9H10F2N6OS.ClH/c10-9(11,3-12)4-13-8(18)7-6(1-2-19-7)17-5-14-15-16-17;/h1-2,5H,3-4,12H2,(H,13,18);1H. The second-order valence-corrected chi connectivity index (χ2v) is 4.55. The fourth-order valence-electron chi connectivity index (χ4n) is 1.29. The third-order valence-electron chi connectivity index (χ3n) is 2.25. The fourth-order valence-corrected chi connectivity index (χ4v) is 2.08. The van der Waals surface area contributed by atoms with Gasteiger partial charge in [-0.1, -0.05) is 0 Å². The second-order valence-electron chi connectivity index (χ2n) is 3.63. The SMILES string of the molecule is Cl.NCC(F)(F)CNC(=O)c1sccc1-n1cnnn1. The number of nitrogens with one attached hydrogen (secondary N) is 1. The normalized spacial score (nSPS) is 10.9. The predicted octanol–water partition coefficient (Wildman–Crippen LogP) is 0.469. The molecular formula is C9H11ClF2N6OS. The molecule has 0 spiro atoms. The van der Waals surface area contributed by atoms with Crippen LogP contribution in [0.4, 0.5) is 8.78 Å². The van der Waals surface area contributed by atoms with Gasteiger partial charge in [-0.3, -0.25) is 4.79 Å². The molecule has 110 valence electrons. The minimum atomic E-state index is -3.12. The highest BCUT2D eigenvalue weighted by Gasteiger charge is 2.28. The molecule has 0 aliphatic rings. The van der Waals surface area contributed by atoms with Crippen molar-refractivity contribution in [1.82, 2.24) is 25.5 Å². The Bertz CT molecular complexity index is 561. The van der Waals surface area contributed by atoms with Crippen molar-refractivity contribution in [3.05, 3.63) is 22.7 Å². The molecule has 2 aromatic heterocycles. The first-order chi connectivity index (χ1) is 9.03. The Balaban J connectivity index is 0.00000200. The minimum Gasteiger partial charge on any atom is -0.345 e. The number of carbonyl (C=O) groups is 1. The summed E-state index contributed by atoms with van der Waals surface area (Å²) in [5.41, 5.74) is 5.32. The number of nitrogens with zero attached hydrogens (tertiary/aromatic N) is 4. The Morgan fingerprint density at radius 2 is 2.30 bits per heavy atom. The molecule has 3 N–H and O–H groups in total. The van der Waals surface area contributed by atoms with E-state index in [-0.39, 0.29) is 17.3 Å². The highest BCUT2D eigenvalue weighted by Crippen LogP contribution is 2.20. The van der Waals surface area contributed by atoms with Crippen LogP contribution in [0.25, 0.3) is 5.69 Å². The number of hydrogen-bond acceptors (Lipinski definition) is 6. The van der Waals surface area contributed by atoms with Crippen LogP contribution in [-0.4, -0.2) is 45.1 Å². The van der Waals surface area contributed by atoms with Crippen LogP contribution in [0.5, 0.6) is 0 Å². The summed E-state index contributed by atoms with van der Waals surface area (Å²) in [4.78, 5) is 12.1. The number of tetrazole rings is 1. The van der Waals surface area contributed by atoms with Gasteiger partial charge in [0.05, 0.1) is 18.8 Å². The van der Waals surface area contributed by atoms with Gasteiger partial charge in [0.1, 0.15) is 11.2 Å². The molecule has 20 heavy (non-hydrogen) atoms. The molecule has 0 aliphatic carbocycles. The van der Waals surface area contributed by atoms with Gasteiger partial charge in [0.2, 0.25) is 0 Å². The van der Waals surface area contributed by atoms with Gasteiger partial charge in [-0.05, 0) is 21.9 Å². The molecule has 0 radical (unpaired) electrons. The van der Waals surface area contributed by atoms with Crippen LogP contribution in [0, 0.1) is 0 Å². The summed E-state index contributed by atoms with van der Waals surface area (Å²) < 4.78 is 27.2. The van der Waals surface area contributed by atoms with Gasteiger partial charge in [0.15, 0.2) is 0 Å². The molecule has 0 aliphatic heterocycles. The molecule has 2 rings (SSSR count). The number of thiophene rings is 1. The Morgan fingerprint density at radius 1 is 1.55 bits per heavy atom. The first kappa shape index (κ1) is 16.4. The molecule has 2 heterocycles. The lowest BCUT2D eigenvalue weighted by Crippen LogP contribution is -2.41. The average Bonchev–Trinajstić information content (AvgIpc) is 3.05. The van der Waals surface area contributed by atoms with Crippen molar-refractivity contribution in [1.29, 1.82) is 0 Å². The topological polar surface area (TPSA) is 98.7 Å². The van der Waals surface area contributed by atoms with Crippen molar-refractivity contribution >= 4 is 29.7 Å². The van der Waals surface area contributed by atoms with E-state index in [0.29, 0.717) is 5.69 Å². The van der Waals surface area contributed by atoms with E-state index >= 15 is 0 Å². The van der Waals surface area contributed by atoms with Crippen molar-refractivity contribution < 1.29 is 13.6 Å². The summed E-state index contributed by atoms with van der Waals surface area (Å²) in [7, 11) is 0. The summed E-state index contributed by atoms with van der Waals surface area (Å²) in [6, 6.07) is 1.62. The van der Waals surface area contributed by atoms with Crippen molar-refractivity contribution in [2.24, 2.45) is 5.73 Å². The van der Waals surface area contributed by atoms with E-state index in [4.69, 9.17) is 5.73 Å². The summed E-state index contributed by atoms with van der Waals surface area (Å²) in [5, 5.41) is 14.3. The third kappa shape index (κ3) is 3.68. The third-order valence-corrected chi connectivity index (χ3v) is 3.16. The lowest BCUT2D eigenvalue weighted by Gasteiger charge is -2.14. The number of carbonyl (C=O) groups excluding carboxylic acids is 1. The number of aromatic nitrogens is 4. The van der Waals surface area contributed by atoms with Crippen molar-refractivity contribution in [3.8, 4) is 5.69 Å².